The Bertz CT molecular complexity index is 467. The minimum atomic E-state index is 0.111. The Kier molecular flexibility index (Phi) is 2.21. The lowest BCUT2D eigenvalue weighted by Crippen LogP contribution is -1.89. The summed E-state index contributed by atoms with van der Waals surface area (Å²) in [5.41, 5.74) is 2.62. The van der Waals surface area contributed by atoms with E-state index in [-0.39, 0.29) is 5.28 Å². The zero-order chi connectivity index (χ0) is 10.1. The quantitative estimate of drug-likeness (QED) is 0.724. The van der Waals surface area contributed by atoms with E-state index in [9.17, 15) is 0 Å². The van der Waals surface area contributed by atoms with E-state index < -0.39 is 0 Å². The van der Waals surface area contributed by atoms with Crippen molar-refractivity contribution in [3.8, 4) is 11.5 Å². The standard InChI is InChI=1S/C9H8ClN3O/c1-5-3-4-7(6(2)11-5)8-12-9(10)13-14-8/h3-4H,1-2H3. The highest BCUT2D eigenvalue weighted by Crippen LogP contribution is 2.21. The highest BCUT2D eigenvalue weighted by atomic mass is 35.5. The fourth-order valence-corrected chi connectivity index (χ4v) is 1.34. The second-order valence-electron chi connectivity index (χ2n) is 2.95. The van der Waals surface area contributed by atoms with Gasteiger partial charge in [-0.2, -0.15) is 4.98 Å². The summed E-state index contributed by atoms with van der Waals surface area (Å²) in [5, 5.41) is 3.62. The van der Waals surface area contributed by atoms with Gasteiger partial charge in [0.2, 0.25) is 0 Å². The van der Waals surface area contributed by atoms with E-state index in [2.05, 4.69) is 15.1 Å². The molecule has 2 aromatic rings. The summed E-state index contributed by atoms with van der Waals surface area (Å²) in [4.78, 5) is 8.21. The van der Waals surface area contributed by atoms with Crippen LogP contribution in [-0.4, -0.2) is 15.1 Å². The Hall–Kier alpha value is -1.42. The Labute approximate surface area is 85.9 Å². The third-order valence-electron chi connectivity index (χ3n) is 1.86. The van der Waals surface area contributed by atoms with E-state index in [0.29, 0.717) is 5.89 Å². The summed E-state index contributed by atoms with van der Waals surface area (Å²) in [7, 11) is 0. The molecule has 2 heterocycles. The highest BCUT2D eigenvalue weighted by Gasteiger charge is 2.10. The first-order valence-corrected chi connectivity index (χ1v) is 4.48. The third kappa shape index (κ3) is 1.61. The fraction of sp³-hybridized carbons (Fsp3) is 0.222. The molecule has 0 N–H and O–H groups in total. The molecule has 0 aliphatic heterocycles. The van der Waals surface area contributed by atoms with Crippen molar-refractivity contribution in [1.82, 2.24) is 15.1 Å². The zero-order valence-electron chi connectivity index (χ0n) is 7.78. The number of halogens is 1. The number of rotatable bonds is 1. The van der Waals surface area contributed by atoms with E-state index >= 15 is 0 Å². The fourth-order valence-electron chi connectivity index (χ4n) is 1.23. The average Bonchev–Trinajstić information content (AvgIpc) is 2.51. The first kappa shape index (κ1) is 9.15. The molecule has 5 heteroatoms. The van der Waals surface area contributed by atoms with Crippen molar-refractivity contribution in [1.29, 1.82) is 0 Å². The van der Waals surface area contributed by atoms with Crippen molar-refractivity contribution < 1.29 is 4.52 Å². The van der Waals surface area contributed by atoms with Gasteiger partial charge in [0.1, 0.15) is 0 Å². The average molecular weight is 210 g/mol. The lowest BCUT2D eigenvalue weighted by atomic mass is 10.2. The lowest BCUT2D eigenvalue weighted by molar-refractivity contribution is 0.430. The zero-order valence-corrected chi connectivity index (χ0v) is 8.54. The predicted octanol–water partition coefficient (Wildman–Crippen LogP) is 2.40. The van der Waals surface area contributed by atoms with Crippen LogP contribution >= 0.6 is 11.6 Å². The van der Waals surface area contributed by atoms with Crippen LogP contribution in [0.5, 0.6) is 0 Å². The molecule has 0 atom stereocenters. The van der Waals surface area contributed by atoms with Crippen LogP contribution in [0.3, 0.4) is 0 Å². The normalized spacial score (nSPS) is 10.5. The summed E-state index contributed by atoms with van der Waals surface area (Å²) in [6.45, 7) is 3.82. The van der Waals surface area contributed by atoms with Crippen molar-refractivity contribution >= 4 is 11.6 Å². The first-order valence-electron chi connectivity index (χ1n) is 4.10. The third-order valence-corrected chi connectivity index (χ3v) is 2.01. The molecule has 0 aliphatic rings. The Morgan fingerprint density at radius 3 is 2.57 bits per heavy atom. The second-order valence-corrected chi connectivity index (χ2v) is 3.29. The number of pyridine rings is 1. The van der Waals surface area contributed by atoms with Gasteiger partial charge in [-0.05, 0) is 42.7 Å². The molecule has 14 heavy (non-hydrogen) atoms. The van der Waals surface area contributed by atoms with Gasteiger partial charge in [-0.25, -0.2) is 0 Å². The topological polar surface area (TPSA) is 51.8 Å². The smallest absolute Gasteiger partial charge is 0.264 e. The van der Waals surface area contributed by atoms with Gasteiger partial charge in [-0.15, -0.1) is 0 Å². The minimum Gasteiger partial charge on any atom is -0.333 e. The number of hydrogen-bond donors (Lipinski definition) is 0. The van der Waals surface area contributed by atoms with Crippen LogP contribution in [-0.2, 0) is 0 Å². The molecule has 0 amide bonds. The van der Waals surface area contributed by atoms with Crippen molar-refractivity contribution in [2.75, 3.05) is 0 Å². The van der Waals surface area contributed by atoms with E-state index in [1.807, 2.05) is 26.0 Å². The lowest BCUT2D eigenvalue weighted by Gasteiger charge is -1.99. The molecule has 4 nitrogen and oxygen atoms in total. The molecule has 0 saturated carbocycles. The Morgan fingerprint density at radius 1 is 1.21 bits per heavy atom. The van der Waals surface area contributed by atoms with E-state index in [1.165, 1.54) is 0 Å². The molecule has 0 unspecified atom stereocenters. The molecule has 0 aromatic carbocycles. The highest BCUT2D eigenvalue weighted by molar-refractivity contribution is 6.28. The number of nitrogens with zero attached hydrogens (tertiary/aromatic N) is 3. The monoisotopic (exact) mass is 209 g/mol. The van der Waals surface area contributed by atoms with Crippen LogP contribution in [0.15, 0.2) is 16.7 Å². The van der Waals surface area contributed by atoms with Crippen molar-refractivity contribution in [2.24, 2.45) is 0 Å². The summed E-state index contributed by atoms with van der Waals surface area (Å²) in [6, 6.07) is 3.78. The van der Waals surface area contributed by atoms with E-state index in [0.717, 1.165) is 17.0 Å². The maximum atomic E-state index is 5.56. The maximum Gasteiger partial charge on any atom is 0.264 e. The van der Waals surface area contributed by atoms with Crippen LogP contribution in [0, 0.1) is 13.8 Å². The molecular weight excluding hydrogens is 202 g/mol. The molecular formula is C9H8ClN3O. The SMILES string of the molecule is Cc1ccc(-c2nc(Cl)no2)c(C)n1. The summed E-state index contributed by atoms with van der Waals surface area (Å²) in [6.07, 6.45) is 0. The van der Waals surface area contributed by atoms with Gasteiger partial charge in [0.05, 0.1) is 11.3 Å². The van der Waals surface area contributed by atoms with Crippen LogP contribution < -0.4 is 0 Å². The van der Waals surface area contributed by atoms with Crippen LogP contribution in [0.2, 0.25) is 5.28 Å². The number of hydrogen-bond acceptors (Lipinski definition) is 4. The van der Waals surface area contributed by atoms with Crippen molar-refractivity contribution in [3.63, 3.8) is 0 Å². The van der Waals surface area contributed by atoms with Gasteiger partial charge < -0.3 is 4.52 Å². The molecule has 0 aliphatic carbocycles. The molecule has 2 aromatic heterocycles. The summed E-state index contributed by atoms with van der Waals surface area (Å²) < 4.78 is 4.94. The Balaban J connectivity index is 2.52. The second kappa shape index (κ2) is 3.38. The molecule has 0 radical (unpaired) electrons. The van der Waals surface area contributed by atoms with Gasteiger partial charge >= 0.3 is 0 Å². The van der Waals surface area contributed by atoms with Gasteiger partial charge in [0, 0.05) is 5.69 Å². The molecule has 0 spiro atoms. The summed E-state index contributed by atoms with van der Waals surface area (Å²) in [5.74, 6) is 0.403. The van der Waals surface area contributed by atoms with Crippen molar-refractivity contribution in [2.45, 2.75) is 13.8 Å². The van der Waals surface area contributed by atoms with Crippen LogP contribution in [0.1, 0.15) is 11.4 Å². The van der Waals surface area contributed by atoms with Crippen LogP contribution in [0.4, 0.5) is 0 Å². The van der Waals surface area contributed by atoms with Gasteiger partial charge in [0.15, 0.2) is 0 Å². The van der Waals surface area contributed by atoms with E-state index in [1.54, 1.807) is 0 Å². The Morgan fingerprint density at radius 2 is 2.00 bits per heavy atom. The number of aromatic nitrogens is 3. The largest absolute Gasteiger partial charge is 0.333 e. The van der Waals surface area contributed by atoms with Gasteiger partial charge in [0.25, 0.3) is 11.2 Å². The van der Waals surface area contributed by atoms with Crippen LogP contribution in [0.25, 0.3) is 11.5 Å². The number of aryl methyl sites for hydroxylation is 2. The van der Waals surface area contributed by atoms with E-state index in [4.69, 9.17) is 16.1 Å². The maximum absolute atomic E-state index is 5.56. The summed E-state index contributed by atoms with van der Waals surface area (Å²) >= 11 is 5.56. The molecule has 72 valence electrons. The van der Waals surface area contributed by atoms with Gasteiger partial charge in [-0.3, -0.25) is 4.98 Å². The predicted molar refractivity (Wildman–Crippen MR) is 52.0 cm³/mol. The molecule has 0 fully saturated rings. The van der Waals surface area contributed by atoms with Crippen molar-refractivity contribution in [3.05, 3.63) is 28.8 Å². The minimum absolute atomic E-state index is 0.111. The van der Waals surface area contributed by atoms with Gasteiger partial charge in [-0.1, -0.05) is 0 Å². The molecule has 0 bridgehead atoms. The first-order chi connectivity index (χ1) is 6.66. The molecule has 2 rings (SSSR count). The molecule has 0 saturated heterocycles.